The lowest BCUT2D eigenvalue weighted by atomic mass is 9.76. The molecule has 1 amide bonds. The number of ether oxygens (including phenoxy) is 1. The predicted octanol–water partition coefficient (Wildman–Crippen LogP) is 4.04. The van der Waals surface area contributed by atoms with Crippen LogP contribution in [0.4, 0.5) is 0 Å². The van der Waals surface area contributed by atoms with Gasteiger partial charge in [-0.2, -0.15) is 0 Å². The number of hydrogen-bond donors (Lipinski definition) is 1. The topological polar surface area (TPSA) is 58.6 Å². The number of nitrogens with zero attached hydrogens (tertiary/aromatic N) is 1. The fourth-order valence-corrected chi connectivity index (χ4v) is 4.95. The fourth-order valence-electron chi connectivity index (χ4n) is 4.46. The van der Waals surface area contributed by atoms with Crippen LogP contribution in [0.5, 0.6) is 0 Å². The number of fused-ring (bicyclic) bond motifs is 1. The SMILES string of the molecule is CCOC(=O)CN(C(C)C)C1(CC2C=CC=C(Cl)C2)C(=O)NC2=CC(Cl)CC=C21. The monoisotopic (exact) mass is 438 g/mol. The van der Waals surface area contributed by atoms with Gasteiger partial charge in [0.25, 0.3) is 0 Å². The molecule has 0 aromatic heterocycles. The highest BCUT2D eigenvalue weighted by Crippen LogP contribution is 2.45. The summed E-state index contributed by atoms with van der Waals surface area (Å²) in [6.07, 6.45) is 11.7. The van der Waals surface area contributed by atoms with E-state index in [1.807, 2.05) is 43.1 Å². The van der Waals surface area contributed by atoms with E-state index in [-0.39, 0.29) is 35.8 Å². The Balaban J connectivity index is 2.04. The maximum absolute atomic E-state index is 13.5. The third-order valence-electron chi connectivity index (χ3n) is 5.65. The van der Waals surface area contributed by atoms with Crippen LogP contribution in [-0.4, -0.2) is 46.9 Å². The lowest BCUT2D eigenvalue weighted by molar-refractivity contribution is -0.148. The minimum Gasteiger partial charge on any atom is -0.465 e. The van der Waals surface area contributed by atoms with Gasteiger partial charge in [-0.1, -0.05) is 29.8 Å². The third kappa shape index (κ3) is 4.47. The number of amides is 1. The lowest BCUT2D eigenvalue weighted by Gasteiger charge is -2.44. The lowest BCUT2D eigenvalue weighted by Crippen LogP contribution is -2.59. The van der Waals surface area contributed by atoms with Crippen LogP contribution >= 0.6 is 23.2 Å². The van der Waals surface area contributed by atoms with Gasteiger partial charge in [-0.05, 0) is 58.1 Å². The number of halogens is 2. The van der Waals surface area contributed by atoms with Gasteiger partial charge in [0.05, 0.1) is 18.5 Å². The molecule has 0 aromatic carbocycles. The van der Waals surface area contributed by atoms with E-state index in [4.69, 9.17) is 27.9 Å². The summed E-state index contributed by atoms with van der Waals surface area (Å²) in [5, 5.41) is 3.63. The average molecular weight is 439 g/mol. The van der Waals surface area contributed by atoms with E-state index in [0.29, 0.717) is 25.9 Å². The standard InChI is InChI=1S/C22H28Cl2N2O3/c1-4-29-20(27)13-26(14(2)3)22(12-15-6-5-7-16(23)10-15)18-9-8-17(24)11-19(18)25-21(22)28/h5-7,9,11,14-15,17H,4,8,10,12-13H2,1-3H3,(H,25,28). The molecule has 3 aliphatic rings. The summed E-state index contributed by atoms with van der Waals surface area (Å²) in [7, 11) is 0. The van der Waals surface area contributed by atoms with Crippen LogP contribution < -0.4 is 5.32 Å². The molecule has 5 nitrogen and oxygen atoms in total. The van der Waals surface area contributed by atoms with Crippen molar-refractivity contribution in [1.82, 2.24) is 10.2 Å². The zero-order valence-corrected chi connectivity index (χ0v) is 18.6. The van der Waals surface area contributed by atoms with Crippen LogP contribution in [0.25, 0.3) is 0 Å². The molecule has 0 bridgehead atoms. The van der Waals surface area contributed by atoms with Crippen LogP contribution in [0.15, 0.2) is 46.7 Å². The van der Waals surface area contributed by atoms with Crippen molar-refractivity contribution in [1.29, 1.82) is 0 Å². The van der Waals surface area contributed by atoms with Crippen molar-refractivity contribution in [2.75, 3.05) is 13.2 Å². The van der Waals surface area contributed by atoms with E-state index < -0.39 is 5.54 Å². The molecule has 0 radical (unpaired) electrons. The first kappa shape index (κ1) is 22.1. The number of alkyl halides is 1. The number of esters is 1. The minimum atomic E-state index is -0.979. The summed E-state index contributed by atoms with van der Waals surface area (Å²) in [5.74, 6) is -0.386. The van der Waals surface area contributed by atoms with Crippen molar-refractivity contribution in [2.24, 2.45) is 5.92 Å². The van der Waals surface area contributed by atoms with E-state index in [9.17, 15) is 9.59 Å². The molecule has 1 aliphatic heterocycles. The van der Waals surface area contributed by atoms with Crippen molar-refractivity contribution >= 4 is 35.1 Å². The van der Waals surface area contributed by atoms with Crippen LogP contribution in [0.2, 0.25) is 0 Å². The molecule has 2 aliphatic carbocycles. The Morgan fingerprint density at radius 2 is 2.21 bits per heavy atom. The quantitative estimate of drug-likeness (QED) is 0.481. The van der Waals surface area contributed by atoms with Gasteiger partial charge in [0.1, 0.15) is 5.54 Å². The van der Waals surface area contributed by atoms with E-state index in [1.54, 1.807) is 6.92 Å². The molecule has 1 saturated heterocycles. The maximum Gasteiger partial charge on any atom is 0.320 e. The van der Waals surface area contributed by atoms with Gasteiger partial charge in [-0.25, -0.2) is 0 Å². The van der Waals surface area contributed by atoms with E-state index in [2.05, 4.69) is 11.4 Å². The Bertz CT molecular complexity index is 800. The molecule has 158 valence electrons. The normalized spacial score (nSPS) is 28.7. The first-order valence-corrected chi connectivity index (χ1v) is 10.9. The van der Waals surface area contributed by atoms with Crippen molar-refractivity contribution in [2.45, 2.75) is 57.0 Å². The Labute approximate surface area is 182 Å². The molecular formula is C22H28Cl2N2O3. The second kappa shape index (κ2) is 9.07. The summed E-state index contributed by atoms with van der Waals surface area (Å²) in [4.78, 5) is 27.9. The number of rotatable bonds is 7. The average Bonchev–Trinajstić information content (AvgIpc) is 2.91. The van der Waals surface area contributed by atoms with Crippen LogP contribution in [0.3, 0.4) is 0 Å². The van der Waals surface area contributed by atoms with Gasteiger partial charge in [0.15, 0.2) is 0 Å². The molecule has 1 heterocycles. The van der Waals surface area contributed by atoms with E-state index >= 15 is 0 Å². The van der Waals surface area contributed by atoms with Gasteiger partial charge in [0, 0.05) is 22.3 Å². The fraction of sp³-hybridized carbons (Fsp3) is 0.545. The Kier molecular flexibility index (Phi) is 6.92. The summed E-state index contributed by atoms with van der Waals surface area (Å²) in [6, 6.07) is -0.0577. The van der Waals surface area contributed by atoms with Crippen LogP contribution in [-0.2, 0) is 14.3 Å². The molecular weight excluding hydrogens is 411 g/mol. The third-order valence-corrected chi connectivity index (χ3v) is 6.23. The van der Waals surface area contributed by atoms with Crippen molar-refractivity contribution in [3.63, 3.8) is 0 Å². The van der Waals surface area contributed by atoms with E-state index in [1.165, 1.54) is 0 Å². The number of carbonyl (C=O) groups is 2. The predicted molar refractivity (Wildman–Crippen MR) is 116 cm³/mol. The molecule has 29 heavy (non-hydrogen) atoms. The second-order valence-electron chi connectivity index (χ2n) is 7.96. The van der Waals surface area contributed by atoms with E-state index in [0.717, 1.165) is 16.3 Å². The summed E-state index contributed by atoms with van der Waals surface area (Å²) in [6.45, 7) is 6.11. The highest BCUT2D eigenvalue weighted by atomic mass is 35.5. The molecule has 3 atom stereocenters. The van der Waals surface area contributed by atoms with Gasteiger partial charge < -0.3 is 10.1 Å². The maximum atomic E-state index is 13.5. The Morgan fingerprint density at radius 3 is 2.86 bits per heavy atom. The first-order valence-electron chi connectivity index (χ1n) is 10.1. The largest absolute Gasteiger partial charge is 0.465 e. The van der Waals surface area contributed by atoms with Crippen molar-refractivity contribution in [3.05, 3.63) is 46.7 Å². The van der Waals surface area contributed by atoms with Gasteiger partial charge in [0.2, 0.25) is 5.91 Å². The molecule has 3 unspecified atom stereocenters. The molecule has 1 fully saturated rings. The zero-order chi connectivity index (χ0) is 21.2. The molecule has 0 saturated carbocycles. The number of carbonyl (C=O) groups excluding carboxylic acids is 2. The summed E-state index contributed by atoms with van der Waals surface area (Å²) in [5.41, 5.74) is 0.668. The van der Waals surface area contributed by atoms with Crippen LogP contribution in [0.1, 0.15) is 40.0 Å². The second-order valence-corrected chi connectivity index (χ2v) is 9.00. The van der Waals surface area contributed by atoms with Gasteiger partial charge >= 0.3 is 5.97 Å². The Morgan fingerprint density at radius 1 is 1.45 bits per heavy atom. The van der Waals surface area contributed by atoms with Crippen LogP contribution in [0, 0.1) is 5.92 Å². The van der Waals surface area contributed by atoms with Crippen molar-refractivity contribution in [3.8, 4) is 0 Å². The van der Waals surface area contributed by atoms with Gasteiger partial charge in [-0.3, -0.25) is 14.5 Å². The summed E-state index contributed by atoms with van der Waals surface area (Å²) < 4.78 is 5.21. The molecule has 1 N–H and O–H groups in total. The first-order chi connectivity index (χ1) is 13.8. The Hall–Kier alpha value is -1.56. The van der Waals surface area contributed by atoms with Crippen molar-refractivity contribution < 1.29 is 14.3 Å². The zero-order valence-electron chi connectivity index (χ0n) is 17.1. The number of allylic oxidation sites excluding steroid dienone is 6. The summed E-state index contributed by atoms with van der Waals surface area (Å²) >= 11 is 12.6. The highest BCUT2D eigenvalue weighted by Gasteiger charge is 2.55. The van der Waals surface area contributed by atoms with Gasteiger partial charge in [-0.15, -0.1) is 11.6 Å². The number of nitrogens with one attached hydrogen (secondary N) is 1. The smallest absolute Gasteiger partial charge is 0.320 e. The molecule has 0 spiro atoms. The molecule has 7 heteroatoms. The minimum absolute atomic E-state index is 0.0356. The highest BCUT2D eigenvalue weighted by molar-refractivity contribution is 6.29. The number of hydrogen-bond acceptors (Lipinski definition) is 4. The molecule has 3 rings (SSSR count). The molecule has 0 aromatic rings.